The van der Waals surface area contributed by atoms with Crippen LogP contribution in [0, 0.1) is 0 Å². The van der Waals surface area contributed by atoms with Crippen molar-refractivity contribution in [3.05, 3.63) is 30.1 Å². The van der Waals surface area contributed by atoms with E-state index in [0.717, 1.165) is 5.69 Å². The van der Waals surface area contributed by atoms with Crippen LogP contribution in [-0.2, 0) is 21.2 Å². The van der Waals surface area contributed by atoms with E-state index in [9.17, 15) is 8.42 Å². The molecular weight excluding hydrogens is 276 g/mol. The van der Waals surface area contributed by atoms with Crippen LogP contribution in [0.3, 0.4) is 0 Å². The first-order chi connectivity index (χ1) is 8.53. The molecule has 0 aliphatic rings. The number of methoxy groups -OCH3 is 1. The minimum Gasteiger partial charge on any atom is -0.383 e. The highest BCUT2D eigenvalue weighted by Gasteiger charge is 2.13. The molecule has 1 aromatic rings. The quantitative estimate of drug-likeness (QED) is 0.720. The molecule has 18 heavy (non-hydrogen) atoms. The van der Waals surface area contributed by atoms with Crippen LogP contribution >= 0.6 is 11.6 Å². The van der Waals surface area contributed by atoms with E-state index in [4.69, 9.17) is 16.3 Å². The summed E-state index contributed by atoms with van der Waals surface area (Å²) in [6.45, 7) is 0.476. The summed E-state index contributed by atoms with van der Waals surface area (Å²) in [5.41, 5.74) is 0.752. The lowest BCUT2D eigenvalue weighted by Crippen LogP contribution is -2.33. The smallest absolute Gasteiger partial charge is 0.212 e. The van der Waals surface area contributed by atoms with Crippen molar-refractivity contribution < 1.29 is 13.2 Å². The number of pyridine rings is 1. The fourth-order valence-corrected chi connectivity index (χ4v) is 2.69. The van der Waals surface area contributed by atoms with Crippen molar-refractivity contribution in [1.82, 2.24) is 9.71 Å². The van der Waals surface area contributed by atoms with E-state index in [1.807, 2.05) is 6.07 Å². The van der Waals surface area contributed by atoms with Crippen molar-refractivity contribution in [3.8, 4) is 0 Å². The molecule has 0 aromatic carbocycles. The van der Waals surface area contributed by atoms with Gasteiger partial charge in [0.05, 0.1) is 17.7 Å². The molecule has 0 saturated carbocycles. The summed E-state index contributed by atoms with van der Waals surface area (Å²) in [5.74, 6) is 0.000600. The van der Waals surface area contributed by atoms with Gasteiger partial charge in [-0.25, -0.2) is 13.1 Å². The predicted octanol–water partition coefficient (Wildman–Crippen LogP) is 0.797. The van der Waals surface area contributed by atoms with Crippen molar-refractivity contribution in [2.45, 2.75) is 11.8 Å². The Kier molecular flexibility index (Phi) is 6.56. The molecule has 1 unspecified atom stereocenters. The second-order valence-electron chi connectivity index (χ2n) is 3.79. The molecule has 0 bridgehead atoms. The SMILES string of the molecule is COCC(Cl)CNS(=O)(=O)CCc1ccccn1. The maximum Gasteiger partial charge on any atom is 0.212 e. The van der Waals surface area contributed by atoms with Gasteiger partial charge in [-0.3, -0.25) is 4.98 Å². The lowest BCUT2D eigenvalue weighted by molar-refractivity contribution is 0.198. The number of aryl methyl sites for hydroxylation is 1. The number of alkyl halides is 1. The van der Waals surface area contributed by atoms with Crippen LogP contribution in [0.25, 0.3) is 0 Å². The summed E-state index contributed by atoms with van der Waals surface area (Å²) in [6.07, 6.45) is 2.02. The molecule has 5 nitrogen and oxygen atoms in total. The number of ether oxygens (including phenoxy) is 1. The highest BCUT2D eigenvalue weighted by Crippen LogP contribution is 1.99. The van der Waals surface area contributed by atoms with Crippen LogP contribution in [0.4, 0.5) is 0 Å². The van der Waals surface area contributed by atoms with Crippen molar-refractivity contribution in [3.63, 3.8) is 0 Å². The lowest BCUT2D eigenvalue weighted by Gasteiger charge is -2.10. The van der Waals surface area contributed by atoms with Crippen LogP contribution in [0.5, 0.6) is 0 Å². The summed E-state index contributed by atoms with van der Waals surface area (Å²) >= 11 is 5.84. The summed E-state index contributed by atoms with van der Waals surface area (Å²) < 4.78 is 30.6. The number of nitrogens with zero attached hydrogens (tertiary/aromatic N) is 1. The van der Waals surface area contributed by atoms with E-state index in [2.05, 4.69) is 9.71 Å². The fourth-order valence-electron chi connectivity index (χ4n) is 1.31. The molecule has 0 aliphatic carbocycles. The molecule has 0 fully saturated rings. The minimum absolute atomic E-state index is 0.000600. The van der Waals surface area contributed by atoms with Gasteiger partial charge >= 0.3 is 0 Å². The van der Waals surface area contributed by atoms with Gasteiger partial charge in [0.1, 0.15) is 0 Å². The number of halogens is 1. The Bertz CT molecular complexity index is 439. The van der Waals surface area contributed by atoms with E-state index < -0.39 is 10.0 Å². The van der Waals surface area contributed by atoms with Crippen molar-refractivity contribution in [1.29, 1.82) is 0 Å². The Labute approximate surface area is 113 Å². The predicted molar refractivity (Wildman–Crippen MR) is 71.2 cm³/mol. The van der Waals surface area contributed by atoms with Crippen molar-refractivity contribution in [2.24, 2.45) is 0 Å². The van der Waals surface area contributed by atoms with Gasteiger partial charge in [-0.2, -0.15) is 0 Å². The third-order valence-corrected chi connectivity index (χ3v) is 3.85. The fraction of sp³-hybridized carbons (Fsp3) is 0.545. The average Bonchev–Trinajstić information content (AvgIpc) is 2.36. The zero-order valence-corrected chi connectivity index (χ0v) is 11.7. The van der Waals surface area contributed by atoms with Gasteiger partial charge in [-0.15, -0.1) is 11.6 Å². The second kappa shape index (κ2) is 7.68. The van der Waals surface area contributed by atoms with Crippen LogP contribution in [0.1, 0.15) is 5.69 Å². The minimum atomic E-state index is -3.32. The zero-order chi connectivity index (χ0) is 13.4. The van der Waals surface area contributed by atoms with E-state index >= 15 is 0 Å². The molecule has 0 radical (unpaired) electrons. The molecule has 0 amide bonds. The van der Waals surface area contributed by atoms with Crippen molar-refractivity contribution in [2.75, 3.05) is 26.0 Å². The lowest BCUT2D eigenvalue weighted by atomic mass is 10.3. The first-order valence-electron chi connectivity index (χ1n) is 5.54. The molecule has 102 valence electrons. The van der Waals surface area contributed by atoms with Gasteiger partial charge in [0.2, 0.25) is 10.0 Å². The number of hydrogen-bond acceptors (Lipinski definition) is 4. The zero-order valence-electron chi connectivity index (χ0n) is 10.2. The Balaban J connectivity index is 2.36. The number of sulfonamides is 1. The number of aromatic nitrogens is 1. The molecule has 0 spiro atoms. The normalized spacial score (nSPS) is 13.4. The average molecular weight is 293 g/mol. The maximum absolute atomic E-state index is 11.7. The van der Waals surface area contributed by atoms with Crippen LogP contribution in [0.15, 0.2) is 24.4 Å². The van der Waals surface area contributed by atoms with E-state index in [-0.39, 0.29) is 17.7 Å². The van der Waals surface area contributed by atoms with Crippen LogP contribution in [0.2, 0.25) is 0 Å². The first kappa shape index (κ1) is 15.4. The molecule has 1 aromatic heterocycles. The first-order valence-corrected chi connectivity index (χ1v) is 7.62. The molecule has 1 heterocycles. The number of nitrogens with one attached hydrogen (secondary N) is 1. The molecule has 1 rings (SSSR count). The van der Waals surface area contributed by atoms with E-state index in [1.54, 1.807) is 18.3 Å². The molecule has 0 saturated heterocycles. The standard InChI is InChI=1S/C11H17ClN2O3S/c1-17-9-10(12)8-14-18(15,16)7-5-11-4-2-3-6-13-11/h2-4,6,10,14H,5,7-9H2,1H3. The Morgan fingerprint density at radius 3 is 2.89 bits per heavy atom. The van der Waals surface area contributed by atoms with Crippen LogP contribution in [-0.4, -0.2) is 44.8 Å². The molecular formula is C11H17ClN2O3S. The van der Waals surface area contributed by atoms with Gasteiger partial charge in [0.15, 0.2) is 0 Å². The Morgan fingerprint density at radius 1 is 1.50 bits per heavy atom. The topological polar surface area (TPSA) is 68.3 Å². The summed E-state index contributed by atoms with van der Waals surface area (Å²) in [6, 6.07) is 5.42. The van der Waals surface area contributed by atoms with E-state index in [0.29, 0.717) is 13.0 Å². The summed E-state index contributed by atoms with van der Waals surface area (Å²) in [7, 11) is -1.80. The number of rotatable bonds is 8. The molecule has 7 heteroatoms. The molecule has 1 N–H and O–H groups in total. The molecule has 1 atom stereocenters. The van der Waals surface area contributed by atoms with E-state index in [1.165, 1.54) is 7.11 Å². The van der Waals surface area contributed by atoms with Gasteiger partial charge in [0, 0.05) is 32.0 Å². The molecule has 0 aliphatic heterocycles. The van der Waals surface area contributed by atoms with Crippen molar-refractivity contribution >= 4 is 21.6 Å². The number of hydrogen-bond donors (Lipinski definition) is 1. The second-order valence-corrected chi connectivity index (χ2v) is 6.33. The Hall–Kier alpha value is -0.690. The highest BCUT2D eigenvalue weighted by atomic mass is 35.5. The Morgan fingerprint density at radius 2 is 2.28 bits per heavy atom. The third kappa shape index (κ3) is 6.30. The van der Waals surface area contributed by atoms with Crippen LogP contribution < -0.4 is 4.72 Å². The van der Waals surface area contributed by atoms with Gasteiger partial charge < -0.3 is 4.74 Å². The third-order valence-electron chi connectivity index (χ3n) is 2.23. The summed E-state index contributed by atoms with van der Waals surface area (Å²) in [4.78, 5) is 4.07. The highest BCUT2D eigenvalue weighted by molar-refractivity contribution is 7.89. The largest absolute Gasteiger partial charge is 0.383 e. The maximum atomic E-state index is 11.7. The van der Waals surface area contributed by atoms with Gasteiger partial charge in [-0.1, -0.05) is 6.07 Å². The summed E-state index contributed by atoms with van der Waals surface area (Å²) in [5, 5.41) is -0.361. The monoisotopic (exact) mass is 292 g/mol. The van der Waals surface area contributed by atoms with Gasteiger partial charge in [0.25, 0.3) is 0 Å². The van der Waals surface area contributed by atoms with Gasteiger partial charge in [-0.05, 0) is 12.1 Å².